The molecular weight excluding hydrogens is 287 g/mol. The maximum absolute atomic E-state index is 12.9. The lowest BCUT2D eigenvalue weighted by Crippen LogP contribution is -2.00. The van der Waals surface area contributed by atoms with Crippen LogP contribution in [-0.4, -0.2) is 0 Å². The van der Waals surface area contributed by atoms with Gasteiger partial charge in [-0.1, -0.05) is 0 Å². The smallest absolute Gasteiger partial charge is 0.169 e. The highest BCUT2D eigenvalue weighted by Crippen LogP contribution is 2.19. The first-order chi connectivity index (χ1) is 8.19. The van der Waals surface area contributed by atoms with E-state index in [4.69, 9.17) is 9.68 Å². The lowest BCUT2D eigenvalue weighted by Gasteiger charge is -2.06. The number of halogens is 2. The van der Waals surface area contributed by atoms with Gasteiger partial charge in [-0.05, 0) is 46.3 Å². The molecule has 17 heavy (non-hydrogen) atoms. The van der Waals surface area contributed by atoms with E-state index in [1.54, 1.807) is 6.07 Å². The summed E-state index contributed by atoms with van der Waals surface area (Å²) in [7, 11) is 0. The number of nitrogens with zero attached hydrogens (tertiary/aromatic N) is 1. The van der Waals surface area contributed by atoms with Gasteiger partial charge in [0, 0.05) is 0 Å². The molecule has 1 aromatic carbocycles. The monoisotopic (exact) mass is 294 g/mol. The van der Waals surface area contributed by atoms with Crippen LogP contribution in [0.15, 0.2) is 39.4 Å². The van der Waals surface area contributed by atoms with Gasteiger partial charge in [0.05, 0.1) is 17.8 Å². The van der Waals surface area contributed by atoms with Gasteiger partial charge >= 0.3 is 0 Å². The zero-order chi connectivity index (χ0) is 12.3. The fraction of sp³-hybridized carbons (Fsp3) is 0.0833. The van der Waals surface area contributed by atoms with Crippen LogP contribution in [0.25, 0.3) is 0 Å². The molecular formula is C12H8BrFN2O. The van der Waals surface area contributed by atoms with Crippen molar-refractivity contribution in [2.75, 3.05) is 5.32 Å². The summed E-state index contributed by atoms with van der Waals surface area (Å²) in [5.74, 6) is 0.304. The van der Waals surface area contributed by atoms with Crippen LogP contribution in [0.1, 0.15) is 11.3 Å². The molecule has 0 saturated heterocycles. The molecule has 2 aromatic rings. The molecule has 0 aliphatic carbocycles. The molecule has 3 nitrogen and oxygen atoms in total. The minimum absolute atomic E-state index is 0.274. The van der Waals surface area contributed by atoms with Gasteiger partial charge in [-0.2, -0.15) is 5.26 Å². The molecule has 1 N–H and O–H groups in total. The molecule has 0 aliphatic rings. The Hall–Kier alpha value is -1.80. The Kier molecular flexibility index (Phi) is 3.45. The largest absolute Gasteiger partial charge is 0.452 e. The number of anilines is 1. The van der Waals surface area contributed by atoms with E-state index in [2.05, 4.69) is 21.2 Å². The highest BCUT2D eigenvalue weighted by molar-refractivity contribution is 9.10. The van der Waals surface area contributed by atoms with Crippen molar-refractivity contribution < 1.29 is 8.81 Å². The predicted molar refractivity (Wildman–Crippen MR) is 64.8 cm³/mol. The van der Waals surface area contributed by atoms with E-state index in [0.717, 1.165) is 5.76 Å². The maximum atomic E-state index is 12.9. The Morgan fingerprint density at radius 3 is 2.82 bits per heavy atom. The molecule has 0 radical (unpaired) electrons. The van der Waals surface area contributed by atoms with Crippen LogP contribution < -0.4 is 5.32 Å². The van der Waals surface area contributed by atoms with Gasteiger partial charge in [0.1, 0.15) is 17.6 Å². The average molecular weight is 295 g/mol. The lowest BCUT2D eigenvalue weighted by atomic mass is 10.2. The number of rotatable bonds is 3. The zero-order valence-corrected chi connectivity index (χ0v) is 10.3. The summed E-state index contributed by atoms with van der Waals surface area (Å²) >= 11 is 3.20. The van der Waals surface area contributed by atoms with Gasteiger partial charge in [0.15, 0.2) is 4.67 Å². The number of nitrogens with one attached hydrogen (secondary N) is 1. The molecule has 0 atom stereocenters. The van der Waals surface area contributed by atoms with Crippen LogP contribution in [0.3, 0.4) is 0 Å². The molecule has 0 fully saturated rings. The van der Waals surface area contributed by atoms with E-state index < -0.39 is 5.82 Å². The topological polar surface area (TPSA) is 49.0 Å². The highest BCUT2D eigenvalue weighted by Gasteiger charge is 2.04. The van der Waals surface area contributed by atoms with Crippen LogP contribution >= 0.6 is 15.9 Å². The van der Waals surface area contributed by atoms with Crippen molar-refractivity contribution in [1.29, 1.82) is 5.26 Å². The molecule has 0 amide bonds. The average Bonchev–Trinajstić information content (AvgIpc) is 2.73. The molecule has 0 spiro atoms. The van der Waals surface area contributed by atoms with E-state index >= 15 is 0 Å². The van der Waals surface area contributed by atoms with Crippen molar-refractivity contribution in [2.45, 2.75) is 6.54 Å². The van der Waals surface area contributed by atoms with E-state index in [0.29, 0.717) is 16.9 Å². The van der Waals surface area contributed by atoms with Crippen molar-refractivity contribution >= 4 is 21.6 Å². The van der Waals surface area contributed by atoms with Crippen LogP contribution in [0.5, 0.6) is 0 Å². The van der Waals surface area contributed by atoms with Crippen LogP contribution in [0.2, 0.25) is 0 Å². The van der Waals surface area contributed by atoms with E-state index in [9.17, 15) is 4.39 Å². The first-order valence-electron chi connectivity index (χ1n) is 4.87. The summed E-state index contributed by atoms with van der Waals surface area (Å²) in [6.07, 6.45) is 0. The minimum Gasteiger partial charge on any atom is -0.452 e. The first-order valence-corrected chi connectivity index (χ1v) is 5.66. The van der Waals surface area contributed by atoms with E-state index in [1.165, 1.54) is 18.2 Å². The summed E-state index contributed by atoms with van der Waals surface area (Å²) in [5.41, 5.74) is 0.858. The van der Waals surface area contributed by atoms with Crippen molar-refractivity contribution in [3.63, 3.8) is 0 Å². The lowest BCUT2D eigenvalue weighted by molar-refractivity contribution is 0.495. The maximum Gasteiger partial charge on any atom is 0.169 e. The highest BCUT2D eigenvalue weighted by atomic mass is 79.9. The standard InChI is InChI=1S/C12H8BrFN2O/c13-12-4-2-10(17-12)7-16-11-3-1-9(14)5-8(11)6-15/h1-5,16H,7H2. The third kappa shape index (κ3) is 2.86. The van der Waals surface area contributed by atoms with E-state index in [1.807, 2.05) is 12.1 Å². The normalized spacial score (nSPS) is 9.94. The Morgan fingerprint density at radius 2 is 2.18 bits per heavy atom. The third-order valence-electron chi connectivity index (χ3n) is 2.18. The van der Waals surface area contributed by atoms with Crippen molar-refractivity contribution in [3.05, 3.63) is 52.1 Å². The van der Waals surface area contributed by atoms with Crippen LogP contribution in [-0.2, 0) is 6.54 Å². The van der Waals surface area contributed by atoms with Gasteiger partial charge in [0.25, 0.3) is 0 Å². The molecule has 1 heterocycles. The van der Waals surface area contributed by atoms with Crippen molar-refractivity contribution in [1.82, 2.24) is 0 Å². The molecule has 0 aliphatic heterocycles. The predicted octanol–water partition coefficient (Wildman–Crippen LogP) is 3.66. The van der Waals surface area contributed by atoms with Gasteiger partial charge in [-0.15, -0.1) is 0 Å². The van der Waals surface area contributed by atoms with Gasteiger partial charge in [-0.25, -0.2) is 4.39 Å². The second kappa shape index (κ2) is 5.02. The Balaban J connectivity index is 2.12. The van der Waals surface area contributed by atoms with Gasteiger partial charge in [0.2, 0.25) is 0 Å². The quantitative estimate of drug-likeness (QED) is 0.940. The van der Waals surface area contributed by atoms with Crippen molar-refractivity contribution in [3.8, 4) is 6.07 Å². The molecule has 2 rings (SSSR count). The summed E-state index contributed by atoms with van der Waals surface area (Å²) in [6.45, 7) is 0.436. The number of furan rings is 1. The molecule has 0 bridgehead atoms. The Morgan fingerprint density at radius 1 is 1.35 bits per heavy atom. The number of hydrogen-bond acceptors (Lipinski definition) is 3. The first kappa shape index (κ1) is 11.7. The minimum atomic E-state index is -0.423. The van der Waals surface area contributed by atoms with Crippen LogP contribution in [0, 0.1) is 17.1 Å². The van der Waals surface area contributed by atoms with Crippen molar-refractivity contribution in [2.24, 2.45) is 0 Å². The second-order valence-electron chi connectivity index (χ2n) is 3.36. The number of hydrogen-bond donors (Lipinski definition) is 1. The molecule has 5 heteroatoms. The Labute approximate surface area is 106 Å². The fourth-order valence-electron chi connectivity index (χ4n) is 1.39. The molecule has 1 aromatic heterocycles. The molecule has 86 valence electrons. The summed E-state index contributed by atoms with van der Waals surface area (Å²) in [6, 6.07) is 9.57. The Bertz CT molecular complexity index is 574. The van der Waals surface area contributed by atoms with E-state index in [-0.39, 0.29) is 5.56 Å². The van der Waals surface area contributed by atoms with Gasteiger partial charge < -0.3 is 9.73 Å². The fourth-order valence-corrected chi connectivity index (χ4v) is 1.73. The zero-order valence-electron chi connectivity index (χ0n) is 8.71. The summed E-state index contributed by atoms with van der Waals surface area (Å²) in [5, 5.41) is 11.9. The summed E-state index contributed by atoms with van der Waals surface area (Å²) < 4.78 is 18.8. The number of benzene rings is 1. The third-order valence-corrected chi connectivity index (χ3v) is 2.61. The summed E-state index contributed by atoms with van der Waals surface area (Å²) in [4.78, 5) is 0. The molecule has 0 saturated carbocycles. The SMILES string of the molecule is N#Cc1cc(F)ccc1NCc1ccc(Br)o1. The van der Waals surface area contributed by atoms with Gasteiger partial charge in [-0.3, -0.25) is 0 Å². The second-order valence-corrected chi connectivity index (χ2v) is 4.14. The van der Waals surface area contributed by atoms with Crippen LogP contribution in [0.4, 0.5) is 10.1 Å². The molecule has 0 unspecified atom stereocenters. The number of nitriles is 1.